The molecule has 3 atom stereocenters. The number of hydrogen-bond acceptors (Lipinski definition) is 4. The average molecular weight is 645 g/mol. The number of carbonyl (C=O) groups is 2. The predicted molar refractivity (Wildman–Crippen MR) is 170 cm³/mol. The van der Waals surface area contributed by atoms with Gasteiger partial charge >= 0.3 is 5.97 Å². The standard InChI is InChI=1S/C35H40ClF3N2O4/c1-20(2)12-30(41-18-23(13-29(38)35(41)45)8-10-40-11-9-26(37)19-40)31(42)16-24(17-32(43)44)27-14-25(15-28(36)34(27)39)33-21(3)6-5-7-22(33)4/h5-7,13-15,18,20,24,26,30H,8-12,16-17,19H2,1-4H3,(H,43,44)/t24-,26+,30?/m0/s1. The molecule has 1 aliphatic rings. The zero-order chi connectivity index (χ0) is 33.0. The number of likely N-dealkylation sites (tertiary alicyclic amines) is 1. The summed E-state index contributed by atoms with van der Waals surface area (Å²) in [7, 11) is 0. The van der Waals surface area contributed by atoms with E-state index in [0.29, 0.717) is 43.6 Å². The first-order chi connectivity index (χ1) is 21.2. The Kier molecular flexibility index (Phi) is 11.3. The van der Waals surface area contributed by atoms with Gasteiger partial charge in [-0.2, -0.15) is 0 Å². The zero-order valence-electron chi connectivity index (χ0n) is 26.1. The summed E-state index contributed by atoms with van der Waals surface area (Å²) in [4.78, 5) is 41.0. The maximum atomic E-state index is 15.6. The van der Waals surface area contributed by atoms with Crippen molar-refractivity contribution in [3.8, 4) is 11.1 Å². The van der Waals surface area contributed by atoms with Crippen LogP contribution in [0.2, 0.25) is 5.02 Å². The Balaban J connectivity index is 1.71. The van der Waals surface area contributed by atoms with Crippen LogP contribution in [-0.2, 0) is 16.0 Å². The minimum absolute atomic E-state index is 0.0109. The van der Waals surface area contributed by atoms with Crippen LogP contribution in [0.4, 0.5) is 13.2 Å². The molecule has 45 heavy (non-hydrogen) atoms. The highest BCUT2D eigenvalue weighted by Crippen LogP contribution is 2.38. The van der Waals surface area contributed by atoms with Crippen molar-refractivity contribution in [3.63, 3.8) is 0 Å². The van der Waals surface area contributed by atoms with E-state index in [1.54, 1.807) is 6.07 Å². The molecule has 1 N–H and O–H groups in total. The van der Waals surface area contributed by atoms with E-state index < -0.39 is 59.9 Å². The Hall–Kier alpha value is -3.43. The maximum Gasteiger partial charge on any atom is 0.303 e. The second kappa shape index (κ2) is 14.8. The summed E-state index contributed by atoms with van der Waals surface area (Å²) in [5.74, 6) is -4.75. The number of aryl methyl sites for hydroxylation is 2. The van der Waals surface area contributed by atoms with Gasteiger partial charge in [0.15, 0.2) is 11.6 Å². The highest BCUT2D eigenvalue weighted by Gasteiger charge is 2.31. The highest BCUT2D eigenvalue weighted by atomic mass is 35.5. The maximum absolute atomic E-state index is 15.6. The van der Waals surface area contributed by atoms with Gasteiger partial charge in [0.2, 0.25) is 0 Å². The number of aliphatic carboxylic acids is 1. The number of aromatic nitrogens is 1. The molecule has 3 aromatic rings. The molecule has 1 aromatic heterocycles. The normalized spacial score (nSPS) is 16.7. The summed E-state index contributed by atoms with van der Waals surface area (Å²) in [6, 6.07) is 8.77. The van der Waals surface area contributed by atoms with Crippen molar-refractivity contribution in [2.45, 2.75) is 77.9 Å². The number of hydrogen-bond donors (Lipinski definition) is 1. The molecule has 2 heterocycles. The Bertz CT molecular complexity index is 1600. The lowest BCUT2D eigenvalue weighted by molar-refractivity contribution is -0.137. The van der Waals surface area contributed by atoms with E-state index in [4.69, 9.17) is 11.6 Å². The fraction of sp³-hybridized carbons (Fsp3) is 0.457. The summed E-state index contributed by atoms with van der Waals surface area (Å²) in [5.41, 5.74) is 2.76. The van der Waals surface area contributed by atoms with Crippen LogP contribution in [0.1, 0.15) is 73.7 Å². The van der Waals surface area contributed by atoms with E-state index in [-0.39, 0.29) is 22.9 Å². The highest BCUT2D eigenvalue weighted by molar-refractivity contribution is 6.31. The molecular formula is C35H40ClF3N2O4. The van der Waals surface area contributed by atoms with Crippen LogP contribution >= 0.6 is 11.6 Å². The fourth-order valence-corrected chi connectivity index (χ4v) is 6.54. The molecule has 242 valence electrons. The molecule has 1 aliphatic heterocycles. The molecule has 1 unspecified atom stereocenters. The van der Waals surface area contributed by atoms with Gasteiger partial charge in [-0.1, -0.05) is 43.6 Å². The van der Waals surface area contributed by atoms with Crippen molar-refractivity contribution in [1.82, 2.24) is 9.47 Å². The molecule has 2 aromatic carbocycles. The van der Waals surface area contributed by atoms with Crippen LogP contribution in [0.5, 0.6) is 0 Å². The van der Waals surface area contributed by atoms with E-state index in [1.165, 1.54) is 12.3 Å². The van der Waals surface area contributed by atoms with E-state index >= 15 is 4.39 Å². The zero-order valence-corrected chi connectivity index (χ0v) is 26.8. The van der Waals surface area contributed by atoms with Crippen LogP contribution in [0.25, 0.3) is 11.1 Å². The van der Waals surface area contributed by atoms with Crippen LogP contribution < -0.4 is 5.56 Å². The lowest BCUT2D eigenvalue weighted by Crippen LogP contribution is -2.34. The van der Waals surface area contributed by atoms with E-state index in [0.717, 1.165) is 27.3 Å². The van der Waals surface area contributed by atoms with Gasteiger partial charge in [-0.3, -0.25) is 14.4 Å². The van der Waals surface area contributed by atoms with Crippen molar-refractivity contribution in [1.29, 1.82) is 0 Å². The first kappa shape index (κ1) is 34.4. The number of carboxylic acid groups (broad SMARTS) is 1. The van der Waals surface area contributed by atoms with Crippen molar-refractivity contribution in [2.75, 3.05) is 19.6 Å². The minimum atomic E-state index is -1.23. The van der Waals surface area contributed by atoms with Crippen molar-refractivity contribution in [2.24, 2.45) is 5.92 Å². The number of pyridine rings is 1. The first-order valence-corrected chi connectivity index (χ1v) is 15.7. The topological polar surface area (TPSA) is 79.6 Å². The third-order valence-electron chi connectivity index (χ3n) is 8.52. The van der Waals surface area contributed by atoms with Crippen LogP contribution in [0, 0.1) is 31.4 Å². The molecule has 1 fully saturated rings. The summed E-state index contributed by atoms with van der Waals surface area (Å²) in [5, 5.41) is 9.58. The lowest BCUT2D eigenvalue weighted by Gasteiger charge is -2.25. The summed E-state index contributed by atoms with van der Waals surface area (Å²) in [6.45, 7) is 8.88. The van der Waals surface area contributed by atoms with Crippen LogP contribution in [0.15, 0.2) is 47.4 Å². The number of alkyl halides is 1. The number of rotatable bonds is 13. The average Bonchev–Trinajstić information content (AvgIpc) is 3.38. The Labute approximate surface area is 266 Å². The Morgan fingerprint density at radius 3 is 2.38 bits per heavy atom. The third-order valence-corrected chi connectivity index (χ3v) is 8.80. The Morgan fingerprint density at radius 2 is 1.78 bits per heavy atom. The second-order valence-corrected chi connectivity index (χ2v) is 13.0. The number of carboxylic acids is 1. The van der Waals surface area contributed by atoms with Gasteiger partial charge in [0.25, 0.3) is 5.56 Å². The summed E-state index contributed by atoms with van der Waals surface area (Å²) < 4.78 is 45.3. The molecule has 1 saturated heterocycles. The smallest absolute Gasteiger partial charge is 0.303 e. The van der Waals surface area contributed by atoms with Crippen molar-refractivity contribution < 1.29 is 27.9 Å². The molecule has 10 heteroatoms. The van der Waals surface area contributed by atoms with Crippen molar-refractivity contribution in [3.05, 3.63) is 91.9 Å². The predicted octanol–water partition coefficient (Wildman–Crippen LogP) is 7.45. The largest absolute Gasteiger partial charge is 0.481 e. The molecule has 0 spiro atoms. The van der Waals surface area contributed by atoms with Gasteiger partial charge in [0, 0.05) is 38.2 Å². The molecule has 0 bridgehead atoms. The minimum Gasteiger partial charge on any atom is -0.481 e. The van der Waals surface area contributed by atoms with E-state index in [9.17, 15) is 28.3 Å². The van der Waals surface area contributed by atoms with Gasteiger partial charge in [-0.15, -0.1) is 0 Å². The number of nitrogens with zero attached hydrogens (tertiary/aromatic N) is 2. The number of Topliss-reactive ketones (excluding diaryl/α,β-unsaturated/α-hetero) is 1. The van der Waals surface area contributed by atoms with Crippen molar-refractivity contribution >= 4 is 23.4 Å². The third kappa shape index (κ3) is 8.44. The van der Waals surface area contributed by atoms with Gasteiger partial charge in [-0.05, 0) is 90.6 Å². The summed E-state index contributed by atoms with van der Waals surface area (Å²) in [6.07, 6.45) is 0.574. The summed E-state index contributed by atoms with van der Waals surface area (Å²) >= 11 is 6.34. The van der Waals surface area contributed by atoms with Gasteiger partial charge in [0.1, 0.15) is 12.0 Å². The number of carbonyl (C=O) groups excluding carboxylic acids is 1. The molecule has 4 rings (SSSR count). The molecule has 0 saturated carbocycles. The quantitative estimate of drug-likeness (QED) is 0.209. The first-order valence-electron chi connectivity index (χ1n) is 15.3. The fourth-order valence-electron chi connectivity index (χ4n) is 6.32. The SMILES string of the molecule is Cc1cccc(C)c1-c1cc(Cl)c(F)c([C@H](CC(=O)O)CC(=O)C(CC(C)C)n2cc(CCN3CC[C@@H](F)C3)cc(F)c2=O)c1. The monoisotopic (exact) mass is 644 g/mol. The van der Waals surface area contributed by atoms with Gasteiger partial charge in [-0.25, -0.2) is 13.2 Å². The molecule has 0 amide bonds. The Morgan fingerprint density at radius 1 is 1.09 bits per heavy atom. The molecule has 0 aliphatic carbocycles. The van der Waals surface area contributed by atoms with E-state index in [1.807, 2.05) is 50.8 Å². The molecular weight excluding hydrogens is 605 g/mol. The number of ketones is 1. The van der Waals surface area contributed by atoms with Crippen LogP contribution in [0.3, 0.4) is 0 Å². The number of halogens is 4. The van der Waals surface area contributed by atoms with Gasteiger partial charge in [0.05, 0.1) is 17.5 Å². The van der Waals surface area contributed by atoms with Crippen LogP contribution in [-0.4, -0.2) is 52.1 Å². The molecule has 6 nitrogen and oxygen atoms in total. The lowest BCUT2D eigenvalue weighted by atomic mass is 9.84. The second-order valence-electron chi connectivity index (χ2n) is 12.6. The molecule has 0 radical (unpaired) electrons. The van der Waals surface area contributed by atoms with E-state index in [2.05, 4.69) is 0 Å². The number of benzene rings is 2. The van der Waals surface area contributed by atoms with Gasteiger partial charge < -0.3 is 14.6 Å².